The molecule has 0 unspecified atom stereocenters. The molecular weight excluding hydrogens is 282 g/mol. The van der Waals surface area contributed by atoms with Crippen LogP contribution in [0.1, 0.15) is 10.4 Å². The van der Waals surface area contributed by atoms with E-state index in [2.05, 4.69) is 27.1 Å². The van der Waals surface area contributed by atoms with E-state index in [0.29, 0.717) is 11.3 Å². The van der Waals surface area contributed by atoms with Gasteiger partial charge in [-0.25, -0.2) is 4.98 Å². The van der Waals surface area contributed by atoms with Crippen molar-refractivity contribution in [3.63, 3.8) is 0 Å². The molecule has 6 heteroatoms. The van der Waals surface area contributed by atoms with Crippen molar-refractivity contribution in [2.45, 2.75) is 0 Å². The van der Waals surface area contributed by atoms with Gasteiger partial charge in [-0.2, -0.15) is 0 Å². The van der Waals surface area contributed by atoms with Crippen LogP contribution < -0.4 is 14.8 Å². The lowest BCUT2D eigenvalue weighted by Gasteiger charge is -2.05. The topological polar surface area (TPSA) is 73.3 Å². The number of ether oxygens (including phenoxy) is 2. The van der Waals surface area contributed by atoms with Gasteiger partial charge in [-0.05, 0) is 24.3 Å². The molecule has 22 heavy (non-hydrogen) atoms. The number of nitrogens with one attached hydrogen (secondary N) is 1. The summed E-state index contributed by atoms with van der Waals surface area (Å²) in [4.78, 5) is 19.8. The Bertz CT molecular complexity index is 678. The Morgan fingerprint density at radius 3 is 2.91 bits per heavy atom. The predicted octanol–water partition coefficient (Wildman–Crippen LogP) is 1.30. The van der Waals surface area contributed by atoms with Crippen LogP contribution in [0.15, 0.2) is 42.9 Å². The van der Waals surface area contributed by atoms with Gasteiger partial charge in [0.05, 0.1) is 19.9 Å². The number of nitrogens with zero attached hydrogens (tertiary/aromatic N) is 2. The van der Waals surface area contributed by atoms with E-state index < -0.39 is 0 Å². The highest BCUT2D eigenvalue weighted by Gasteiger charge is 2.11. The van der Waals surface area contributed by atoms with Crippen molar-refractivity contribution in [3.8, 4) is 23.5 Å². The molecule has 1 N–H and O–H groups in total. The van der Waals surface area contributed by atoms with E-state index in [1.165, 1.54) is 7.11 Å². The molecule has 0 aromatic carbocycles. The average Bonchev–Trinajstić information content (AvgIpc) is 2.58. The van der Waals surface area contributed by atoms with E-state index in [-0.39, 0.29) is 24.9 Å². The number of carbonyl (C=O) groups excluding carboxylic acids is 1. The van der Waals surface area contributed by atoms with Crippen LogP contribution in [0.3, 0.4) is 0 Å². The molecule has 6 nitrogen and oxygen atoms in total. The summed E-state index contributed by atoms with van der Waals surface area (Å²) >= 11 is 0. The number of methoxy groups -OCH3 is 1. The monoisotopic (exact) mass is 297 g/mol. The molecule has 2 aromatic rings. The van der Waals surface area contributed by atoms with E-state index in [9.17, 15) is 4.79 Å². The van der Waals surface area contributed by atoms with Gasteiger partial charge in [0.1, 0.15) is 17.9 Å². The third kappa shape index (κ3) is 4.49. The highest BCUT2D eigenvalue weighted by Crippen LogP contribution is 2.12. The lowest BCUT2D eigenvalue weighted by Crippen LogP contribution is -2.24. The summed E-state index contributed by atoms with van der Waals surface area (Å²) in [6.45, 7) is 0.449. The number of carbonyl (C=O) groups is 1. The van der Waals surface area contributed by atoms with E-state index in [1.54, 1.807) is 42.9 Å². The Balaban J connectivity index is 1.77. The standard InChI is InChI=1S/C16H15N3O3/c1-21-16-14(7-5-10-19-16)15(20)18-9-2-3-11-22-13-6-4-8-17-12-13/h4-8,10,12H,9,11H2,1H3,(H,18,20). The van der Waals surface area contributed by atoms with E-state index >= 15 is 0 Å². The zero-order chi connectivity index (χ0) is 15.6. The van der Waals surface area contributed by atoms with E-state index in [4.69, 9.17) is 9.47 Å². The SMILES string of the molecule is COc1ncccc1C(=O)NCC#CCOc1cccnc1. The minimum atomic E-state index is -0.285. The Hall–Kier alpha value is -3.07. The number of hydrogen-bond donors (Lipinski definition) is 1. The summed E-state index contributed by atoms with van der Waals surface area (Å²) in [6, 6.07) is 6.89. The van der Waals surface area contributed by atoms with Gasteiger partial charge in [0.15, 0.2) is 0 Å². The molecule has 0 aliphatic rings. The van der Waals surface area contributed by atoms with Crippen LogP contribution in [-0.2, 0) is 0 Å². The van der Waals surface area contributed by atoms with Crippen molar-refractivity contribution in [2.75, 3.05) is 20.3 Å². The fourth-order valence-electron chi connectivity index (χ4n) is 1.61. The second kappa shape index (κ2) is 8.27. The van der Waals surface area contributed by atoms with Crippen molar-refractivity contribution in [3.05, 3.63) is 48.4 Å². The van der Waals surface area contributed by atoms with Gasteiger partial charge in [0, 0.05) is 12.4 Å². The van der Waals surface area contributed by atoms with Gasteiger partial charge >= 0.3 is 0 Å². The fourth-order valence-corrected chi connectivity index (χ4v) is 1.61. The second-order valence-corrected chi connectivity index (χ2v) is 4.07. The molecule has 0 aliphatic heterocycles. The fraction of sp³-hybridized carbons (Fsp3) is 0.188. The molecule has 0 radical (unpaired) electrons. The van der Waals surface area contributed by atoms with Crippen molar-refractivity contribution in [1.82, 2.24) is 15.3 Å². The van der Waals surface area contributed by atoms with Crippen LogP contribution in [0, 0.1) is 11.8 Å². The van der Waals surface area contributed by atoms with E-state index in [1.807, 2.05) is 0 Å². The van der Waals surface area contributed by atoms with Crippen molar-refractivity contribution >= 4 is 5.91 Å². The minimum Gasteiger partial charge on any atom is -0.480 e. The zero-order valence-corrected chi connectivity index (χ0v) is 12.1. The quantitative estimate of drug-likeness (QED) is 0.842. The van der Waals surface area contributed by atoms with Crippen LogP contribution in [0.4, 0.5) is 0 Å². The first-order valence-corrected chi connectivity index (χ1v) is 6.57. The molecular formula is C16H15N3O3. The summed E-state index contributed by atoms with van der Waals surface area (Å²) in [7, 11) is 1.47. The average molecular weight is 297 g/mol. The van der Waals surface area contributed by atoms with Crippen LogP contribution in [-0.4, -0.2) is 36.1 Å². The van der Waals surface area contributed by atoms with E-state index in [0.717, 1.165) is 0 Å². The van der Waals surface area contributed by atoms with Gasteiger partial charge < -0.3 is 14.8 Å². The van der Waals surface area contributed by atoms with Crippen LogP contribution in [0.5, 0.6) is 11.6 Å². The molecule has 0 aliphatic carbocycles. The maximum Gasteiger partial charge on any atom is 0.257 e. The maximum absolute atomic E-state index is 11.9. The lowest BCUT2D eigenvalue weighted by molar-refractivity contribution is 0.0955. The van der Waals surface area contributed by atoms with Crippen molar-refractivity contribution in [1.29, 1.82) is 0 Å². The van der Waals surface area contributed by atoms with Crippen molar-refractivity contribution < 1.29 is 14.3 Å². The molecule has 0 fully saturated rings. The summed E-state index contributed by atoms with van der Waals surface area (Å²) in [5, 5.41) is 2.67. The van der Waals surface area contributed by atoms with Crippen LogP contribution in [0.25, 0.3) is 0 Å². The van der Waals surface area contributed by atoms with Gasteiger partial charge in [-0.15, -0.1) is 0 Å². The molecule has 2 rings (SSSR count). The first kappa shape index (κ1) is 15.3. The van der Waals surface area contributed by atoms with Crippen molar-refractivity contribution in [2.24, 2.45) is 0 Å². The Labute approximate surface area is 128 Å². The Morgan fingerprint density at radius 2 is 2.14 bits per heavy atom. The van der Waals surface area contributed by atoms with Gasteiger partial charge in [0.25, 0.3) is 5.91 Å². The number of pyridine rings is 2. The van der Waals surface area contributed by atoms with Crippen LogP contribution >= 0.6 is 0 Å². The third-order valence-corrected chi connectivity index (χ3v) is 2.62. The molecule has 112 valence electrons. The molecule has 0 atom stereocenters. The normalized spacial score (nSPS) is 9.32. The lowest BCUT2D eigenvalue weighted by atomic mass is 10.2. The number of amides is 1. The Morgan fingerprint density at radius 1 is 1.27 bits per heavy atom. The summed E-state index contributed by atoms with van der Waals surface area (Å²) in [5.74, 6) is 6.27. The smallest absolute Gasteiger partial charge is 0.257 e. The van der Waals surface area contributed by atoms with Gasteiger partial charge in [0.2, 0.25) is 5.88 Å². The van der Waals surface area contributed by atoms with Gasteiger partial charge in [-0.3, -0.25) is 9.78 Å². The van der Waals surface area contributed by atoms with Gasteiger partial charge in [-0.1, -0.05) is 11.8 Å². The highest BCUT2D eigenvalue weighted by molar-refractivity contribution is 5.96. The molecule has 0 saturated carbocycles. The summed E-state index contributed by atoms with van der Waals surface area (Å²) in [5.41, 5.74) is 0.374. The maximum atomic E-state index is 11.9. The predicted molar refractivity (Wildman–Crippen MR) is 80.6 cm³/mol. The number of rotatable bonds is 5. The molecule has 2 aromatic heterocycles. The number of aromatic nitrogens is 2. The Kier molecular flexibility index (Phi) is 5.76. The minimum absolute atomic E-state index is 0.216. The molecule has 2 heterocycles. The molecule has 1 amide bonds. The summed E-state index contributed by atoms with van der Waals surface area (Å²) in [6.07, 6.45) is 4.84. The zero-order valence-electron chi connectivity index (χ0n) is 12.1. The highest BCUT2D eigenvalue weighted by atomic mass is 16.5. The molecule has 0 bridgehead atoms. The largest absolute Gasteiger partial charge is 0.480 e. The van der Waals surface area contributed by atoms with Crippen LogP contribution in [0.2, 0.25) is 0 Å². The molecule has 0 saturated heterocycles. The third-order valence-electron chi connectivity index (χ3n) is 2.62. The summed E-state index contributed by atoms with van der Waals surface area (Å²) < 4.78 is 10.4. The second-order valence-electron chi connectivity index (χ2n) is 4.07. The number of hydrogen-bond acceptors (Lipinski definition) is 5. The first-order valence-electron chi connectivity index (χ1n) is 6.57. The molecule has 0 spiro atoms. The first-order chi connectivity index (χ1) is 10.8.